The first-order chi connectivity index (χ1) is 12.7. The van der Waals surface area contributed by atoms with Gasteiger partial charge in [-0.25, -0.2) is 4.98 Å². The number of aryl methyl sites for hydroxylation is 2. The maximum absolute atomic E-state index is 12.9. The highest BCUT2D eigenvalue weighted by Crippen LogP contribution is 2.37. The number of pyridine rings is 1. The summed E-state index contributed by atoms with van der Waals surface area (Å²) in [6.45, 7) is 2.29. The van der Waals surface area contributed by atoms with E-state index in [1.807, 2.05) is 6.07 Å². The molecule has 2 aromatic rings. The van der Waals surface area contributed by atoms with E-state index >= 15 is 0 Å². The molecule has 1 aromatic heterocycles. The van der Waals surface area contributed by atoms with Crippen LogP contribution in [0.5, 0.6) is 0 Å². The Bertz CT molecular complexity index is 639. The molecular formula is C24H32FN. The van der Waals surface area contributed by atoms with Crippen LogP contribution < -0.4 is 0 Å². The minimum atomic E-state index is -0.404. The van der Waals surface area contributed by atoms with Crippen LogP contribution in [0.4, 0.5) is 4.39 Å². The number of halogens is 1. The third-order valence-electron chi connectivity index (χ3n) is 6.00. The molecule has 0 atom stereocenters. The predicted octanol–water partition coefficient (Wildman–Crippen LogP) is 6.86. The molecule has 0 radical (unpaired) electrons. The lowest BCUT2D eigenvalue weighted by Gasteiger charge is -2.29. The van der Waals surface area contributed by atoms with Crippen LogP contribution >= 0.6 is 0 Å². The predicted molar refractivity (Wildman–Crippen MR) is 107 cm³/mol. The summed E-state index contributed by atoms with van der Waals surface area (Å²) in [6.07, 6.45) is 14.7. The van der Waals surface area contributed by atoms with Crippen molar-refractivity contribution in [3.63, 3.8) is 0 Å². The zero-order valence-electron chi connectivity index (χ0n) is 16.1. The van der Waals surface area contributed by atoms with Gasteiger partial charge in [-0.15, -0.1) is 0 Å². The highest BCUT2D eigenvalue weighted by molar-refractivity contribution is 5.26. The minimum absolute atomic E-state index is 0.404. The van der Waals surface area contributed by atoms with Crippen molar-refractivity contribution in [2.24, 2.45) is 5.92 Å². The first kappa shape index (κ1) is 19.1. The van der Waals surface area contributed by atoms with Crippen molar-refractivity contribution in [2.45, 2.75) is 77.0 Å². The van der Waals surface area contributed by atoms with Crippen LogP contribution in [0, 0.1) is 11.9 Å². The number of nitrogens with zero attached hydrogens (tertiary/aromatic N) is 1. The van der Waals surface area contributed by atoms with E-state index in [1.165, 1.54) is 68.6 Å². The molecule has 0 bridgehead atoms. The van der Waals surface area contributed by atoms with Crippen molar-refractivity contribution in [3.05, 3.63) is 65.2 Å². The number of benzene rings is 1. The number of aromatic nitrogens is 1. The first-order valence-electron chi connectivity index (χ1n) is 10.4. The quantitative estimate of drug-likeness (QED) is 0.373. The monoisotopic (exact) mass is 353 g/mol. The Morgan fingerprint density at radius 3 is 2.23 bits per heavy atom. The zero-order valence-corrected chi connectivity index (χ0v) is 16.1. The van der Waals surface area contributed by atoms with Crippen molar-refractivity contribution in [1.29, 1.82) is 0 Å². The Balaban J connectivity index is 1.45. The van der Waals surface area contributed by atoms with E-state index in [0.29, 0.717) is 0 Å². The van der Waals surface area contributed by atoms with Crippen LogP contribution in [-0.4, -0.2) is 4.98 Å². The average molecular weight is 354 g/mol. The van der Waals surface area contributed by atoms with Gasteiger partial charge >= 0.3 is 0 Å². The average Bonchev–Trinajstić information content (AvgIpc) is 2.69. The SMILES string of the molecule is CCCCC[C@H]1CC[C@H](c2ccc(CCc3ccc(F)nc3)cc2)CC1. The highest BCUT2D eigenvalue weighted by atomic mass is 19.1. The largest absolute Gasteiger partial charge is 0.228 e. The van der Waals surface area contributed by atoms with Crippen LogP contribution in [0.25, 0.3) is 0 Å². The maximum atomic E-state index is 12.9. The van der Waals surface area contributed by atoms with Crippen LogP contribution in [0.15, 0.2) is 42.6 Å². The number of hydrogen-bond donors (Lipinski definition) is 0. The van der Waals surface area contributed by atoms with E-state index in [1.54, 1.807) is 6.20 Å². The molecule has 0 saturated heterocycles. The van der Waals surface area contributed by atoms with Gasteiger partial charge in [0, 0.05) is 6.20 Å². The van der Waals surface area contributed by atoms with Crippen LogP contribution in [0.2, 0.25) is 0 Å². The minimum Gasteiger partial charge on any atom is -0.228 e. The lowest BCUT2D eigenvalue weighted by Crippen LogP contribution is -2.13. The van der Waals surface area contributed by atoms with Gasteiger partial charge < -0.3 is 0 Å². The number of unbranched alkanes of at least 4 members (excludes halogenated alkanes) is 2. The van der Waals surface area contributed by atoms with Crippen molar-refractivity contribution in [3.8, 4) is 0 Å². The number of rotatable bonds is 8. The molecule has 0 aliphatic heterocycles. The lowest BCUT2D eigenvalue weighted by atomic mass is 9.77. The molecule has 1 heterocycles. The van der Waals surface area contributed by atoms with Crippen LogP contribution in [0.1, 0.15) is 80.9 Å². The van der Waals surface area contributed by atoms with Gasteiger partial charge in [-0.3, -0.25) is 0 Å². The van der Waals surface area contributed by atoms with E-state index in [-0.39, 0.29) is 0 Å². The van der Waals surface area contributed by atoms with E-state index in [0.717, 1.165) is 30.2 Å². The van der Waals surface area contributed by atoms with Gasteiger partial charge in [0.15, 0.2) is 0 Å². The molecule has 1 aliphatic carbocycles. The van der Waals surface area contributed by atoms with Crippen molar-refractivity contribution < 1.29 is 4.39 Å². The molecule has 0 amide bonds. The highest BCUT2D eigenvalue weighted by Gasteiger charge is 2.21. The van der Waals surface area contributed by atoms with Gasteiger partial charge in [0.25, 0.3) is 0 Å². The molecule has 1 aliphatic rings. The summed E-state index contributed by atoms with van der Waals surface area (Å²) in [5.74, 6) is 1.33. The van der Waals surface area contributed by atoms with Gasteiger partial charge in [0.1, 0.15) is 0 Å². The van der Waals surface area contributed by atoms with Crippen LogP contribution in [-0.2, 0) is 12.8 Å². The molecule has 0 spiro atoms. The Morgan fingerprint density at radius 2 is 1.58 bits per heavy atom. The molecule has 0 unspecified atom stereocenters. The maximum Gasteiger partial charge on any atom is 0.212 e. The fourth-order valence-corrected chi connectivity index (χ4v) is 4.27. The van der Waals surface area contributed by atoms with Crippen LogP contribution in [0.3, 0.4) is 0 Å². The third-order valence-corrected chi connectivity index (χ3v) is 6.00. The first-order valence-corrected chi connectivity index (χ1v) is 10.4. The van der Waals surface area contributed by atoms with Crippen molar-refractivity contribution in [2.75, 3.05) is 0 Å². The summed E-state index contributed by atoms with van der Waals surface area (Å²) in [5.41, 5.74) is 3.97. The molecule has 140 valence electrons. The fraction of sp³-hybridized carbons (Fsp3) is 0.542. The zero-order chi connectivity index (χ0) is 18.2. The van der Waals surface area contributed by atoms with Gasteiger partial charge in [0.05, 0.1) is 0 Å². The van der Waals surface area contributed by atoms with E-state index < -0.39 is 5.95 Å². The molecular weight excluding hydrogens is 321 g/mol. The second-order valence-electron chi connectivity index (χ2n) is 7.94. The van der Waals surface area contributed by atoms with Gasteiger partial charge in [0.2, 0.25) is 5.95 Å². The van der Waals surface area contributed by atoms with E-state index in [9.17, 15) is 4.39 Å². The molecule has 1 nitrogen and oxygen atoms in total. The van der Waals surface area contributed by atoms with Gasteiger partial charge in [-0.1, -0.05) is 62.9 Å². The second kappa shape index (κ2) is 9.85. The molecule has 2 heteroatoms. The van der Waals surface area contributed by atoms with Gasteiger partial charge in [-0.05, 0) is 73.1 Å². The van der Waals surface area contributed by atoms with Crippen molar-refractivity contribution in [1.82, 2.24) is 4.98 Å². The Morgan fingerprint density at radius 1 is 0.885 bits per heavy atom. The standard InChI is InChI=1S/C24H32FN/c1-2-3-4-5-19-8-13-22(14-9-19)23-15-10-20(11-16-23)6-7-21-12-17-24(25)26-18-21/h10-12,15-19,22H,2-9,13-14H2,1H3/t19-,22-. The Kier molecular flexibility index (Phi) is 7.22. The van der Waals surface area contributed by atoms with E-state index in [2.05, 4.69) is 36.2 Å². The lowest BCUT2D eigenvalue weighted by molar-refractivity contribution is 0.303. The van der Waals surface area contributed by atoms with E-state index in [4.69, 9.17) is 0 Å². The molecule has 1 saturated carbocycles. The number of hydrogen-bond acceptors (Lipinski definition) is 1. The normalized spacial score (nSPS) is 20.2. The smallest absolute Gasteiger partial charge is 0.212 e. The Hall–Kier alpha value is -1.70. The molecule has 26 heavy (non-hydrogen) atoms. The summed E-state index contributed by atoms with van der Waals surface area (Å²) < 4.78 is 12.9. The summed E-state index contributed by atoms with van der Waals surface area (Å²) >= 11 is 0. The summed E-state index contributed by atoms with van der Waals surface area (Å²) in [7, 11) is 0. The molecule has 3 rings (SSSR count). The summed E-state index contributed by atoms with van der Waals surface area (Å²) in [5, 5.41) is 0. The summed E-state index contributed by atoms with van der Waals surface area (Å²) in [4.78, 5) is 3.73. The molecule has 0 N–H and O–H groups in total. The Labute approximate surface area is 158 Å². The third kappa shape index (κ3) is 5.65. The van der Waals surface area contributed by atoms with Gasteiger partial charge in [-0.2, -0.15) is 4.39 Å². The van der Waals surface area contributed by atoms with Crippen molar-refractivity contribution >= 4 is 0 Å². The topological polar surface area (TPSA) is 12.9 Å². The fourth-order valence-electron chi connectivity index (χ4n) is 4.27. The molecule has 1 aromatic carbocycles. The molecule has 1 fully saturated rings. The second-order valence-corrected chi connectivity index (χ2v) is 7.94. The summed E-state index contributed by atoms with van der Waals surface area (Å²) in [6, 6.07) is 12.5.